The van der Waals surface area contributed by atoms with Crippen molar-refractivity contribution in [2.24, 2.45) is 0 Å². The largest absolute Gasteiger partial charge is 0.305 e. The molecule has 0 aliphatic heterocycles. The fraction of sp³-hybridized carbons (Fsp3) is 0.300. The summed E-state index contributed by atoms with van der Waals surface area (Å²) < 4.78 is 0. The van der Waals surface area contributed by atoms with Crippen molar-refractivity contribution in [2.45, 2.75) is 20.8 Å². The van der Waals surface area contributed by atoms with Gasteiger partial charge in [0.1, 0.15) is 0 Å². The average molecular weight is 149 g/mol. The van der Waals surface area contributed by atoms with Gasteiger partial charge in [0.2, 0.25) is 0 Å². The van der Waals surface area contributed by atoms with Crippen molar-refractivity contribution in [3.05, 3.63) is 36.0 Å². The number of nitrogens with one attached hydrogen (secondary N) is 1. The molecule has 0 fully saturated rings. The molecule has 1 heteroatoms. The third-order valence-electron chi connectivity index (χ3n) is 1.25. The van der Waals surface area contributed by atoms with E-state index < -0.39 is 0 Å². The molecule has 0 saturated carbocycles. The zero-order valence-electron chi connectivity index (χ0n) is 7.39. The fourth-order valence-electron chi connectivity index (χ4n) is 0.685. The topological polar surface area (TPSA) is 23.9 Å². The van der Waals surface area contributed by atoms with Gasteiger partial charge in [-0.1, -0.05) is 30.4 Å². The van der Waals surface area contributed by atoms with Crippen LogP contribution in [0.5, 0.6) is 0 Å². The van der Waals surface area contributed by atoms with E-state index in [1.54, 1.807) is 6.92 Å². The second-order valence-corrected chi connectivity index (χ2v) is 2.27. The molecule has 0 aliphatic carbocycles. The van der Waals surface area contributed by atoms with E-state index in [1.165, 1.54) is 0 Å². The first-order chi connectivity index (χ1) is 5.22. The Morgan fingerprint density at radius 2 is 1.82 bits per heavy atom. The molecule has 0 rings (SSSR count). The van der Waals surface area contributed by atoms with Gasteiger partial charge < -0.3 is 5.41 Å². The van der Waals surface area contributed by atoms with Crippen molar-refractivity contribution >= 4 is 5.71 Å². The van der Waals surface area contributed by atoms with Crippen LogP contribution in [0.25, 0.3) is 0 Å². The summed E-state index contributed by atoms with van der Waals surface area (Å²) in [6.07, 6.45) is 9.69. The molecule has 0 aromatic rings. The van der Waals surface area contributed by atoms with Gasteiger partial charge >= 0.3 is 0 Å². The van der Waals surface area contributed by atoms with E-state index in [9.17, 15) is 0 Å². The van der Waals surface area contributed by atoms with E-state index >= 15 is 0 Å². The summed E-state index contributed by atoms with van der Waals surface area (Å²) in [5, 5.41) is 7.38. The molecule has 0 aromatic carbocycles. The van der Waals surface area contributed by atoms with Crippen LogP contribution < -0.4 is 0 Å². The number of hydrogen-bond acceptors (Lipinski definition) is 1. The van der Waals surface area contributed by atoms with Gasteiger partial charge in [0.15, 0.2) is 0 Å². The lowest BCUT2D eigenvalue weighted by Crippen LogP contribution is -1.90. The summed E-state index contributed by atoms with van der Waals surface area (Å²) in [6.45, 7) is 5.70. The molecular formula is C10H15N. The summed E-state index contributed by atoms with van der Waals surface area (Å²) in [5.74, 6) is 0. The molecule has 0 saturated heterocycles. The van der Waals surface area contributed by atoms with E-state index in [2.05, 4.69) is 0 Å². The van der Waals surface area contributed by atoms with Gasteiger partial charge in [-0.15, -0.1) is 0 Å². The minimum atomic E-state index is 0.598. The van der Waals surface area contributed by atoms with E-state index in [1.807, 2.05) is 44.2 Å². The van der Waals surface area contributed by atoms with Gasteiger partial charge in [0.25, 0.3) is 0 Å². The van der Waals surface area contributed by atoms with Crippen molar-refractivity contribution in [3.63, 3.8) is 0 Å². The second-order valence-electron chi connectivity index (χ2n) is 2.27. The predicted molar refractivity (Wildman–Crippen MR) is 51.1 cm³/mol. The lowest BCUT2D eigenvalue weighted by atomic mass is 10.1. The highest BCUT2D eigenvalue weighted by Gasteiger charge is 1.90. The maximum atomic E-state index is 7.38. The molecule has 1 nitrogen and oxygen atoms in total. The highest BCUT2D eigenvalue weighted by Crippen LogP contribution is 1.99. The Morgan fingerprint density at radius 1 is 1.18 bits per heavy atom. The zero-order valence-corrected chi connectivity index (χ0v) is 7.39. The Balaban J connectivity index is 4.45. The molecule has 0 amide bonds. The van der Waals surface area contributed by atoms with Crippen LogP contribution in [-0.4, -0.2) is 5.71 Å². The summed E-state index contributed by atoms with van der Waals surface area (Å²) in [7, 11) is 0. The quantitative estimate of drug-likeness (QED) is 0.471. The van der Waals surface area contributed by atoms with E-state index in [0.717, 1.165) is 5.57 Å². The molecule has 0 radical (unpaired) electrons. The maximum Gasteiger partial charge on any atom is 0.0355 e. The van der Waals surface area contributed by atoms with Crippen molar-refractivity contribution < 1.29 is 0 Å². The minimum absolute atomic E-state index is 0.598. The summed E-state index contributed by atoms with van der Waals surface area (Å²) >= 11 is 0. The molecule has 0 aliphatic rings. The Morgan fingerprint density at radius 3 is 2.18 bits per heavy atom. The molecule has 11 heavy (non-hydrogen) atoms. The molecule has 60 valence electrons. The normalized spacial score (nSPS) is 13.2. The van der Waals surface area contributed by atoms with Crippen molar-refractivity contribution in [2.75, 3.05) is 0 Å². The standard InChI is InChI=1S/C10H15N/c1-4-6-8-10(7-5-2)9(3)11/h4-8,11H,1-3H3/b6-4-,7-5-,10-8+,11-9?. The summed E-state index contributed by atoms with van der Waals surface area (Å²) in [6, 6.07) is 0. The number of allylic oxidation sites excluding steroid dienone is 6. The van der Waals surface area contributed by atoms with Crippen LogP contribution in [0.1, 0.15) is 20.8 Å². The first-order valence-corrected chi connectivity index (χ1v) is 3.73. The van der Waals surface area contributed by atoms with Crippen LogP contribution in [0.15, 0.2) is 36.0 Å². The maximum absolute atomic E-state index is 7.38. The van der Waals surface area contributed by atoms with Crippen LogP contribution in [0.2, 0.25) is 0 Å². The van der Waals surface area contributed by atoms with Crippen LogP contribution in [0.3, 0.4) is 0 Å². The van der Waals surface area contributed by atoms with Crippen molar-refractivity contribution in [3.8, 4) is 0 Å². The van der Waals surface area contributed by atoms with Crippen LogP contribution in [-0.2, 0) is 0 Å². The third kappa shape index (κ3) is 4.31. The molecule has 0 atom stereocenters. The van der Waals surface area contributed by atoms with Gasteiger partial charge in [-0.25, -0.2) is 0 Å². The SMILES string of the molecule is C\C=C/C=C(\C=C/C)C(C)=N. The molecule has 0 heterocycles. The van der Waals surface area contributed by atoms with Gasteiger partial charge in [-0.2, -0.15) is 0 Å². The smallest absolute Gasteiger partial charge is 0.0355 e. The minimum Gasteiger partial charge on any atom is -0.305 e. The zero-order chi connectivity index (χ0) is 8.69. The van der Waals surface area contributed by atoms with Gasteiger partial charge in [0, 0.05) is 5.71 Å². The molecule has 0 unspecified atom stereocenters. The average Bonchev–Trinajstić information content (AvgIpc) is 1.97. The monoisotopic (exact) mass is 149 g/mol. The third-order valence-corrected chi connectivity index (χ3v) is 1.25. The predicted octanol–water partition coefficient (Wildman–Crippen LogP) is 3.10. The van der Waals surface area contributed by atoms with Gasteiger partial charge in [0.05, 0.1) is 0 Å². The van der Waals surface area contributed by atoms with Crippen LogP contribution in [0.4, 0.5) is 0 Å². The summed E-state index contributed by atoms with van der Waals surface area (Å²) in [4.78, 5) is 0. The van der Waals surface area contributed by atoms with Crippen LogP contribution in [0, 0.1) is 5.41 Å². The first-order valence-electron chi connectivity index (χ1n) is 3.73. The Labute approximate surface area is 68.6 Å². The van der Waals surface area contributed by atoms with E-state index in [-0.39, 0.29) is 0 Å². The molecule has 0 aromatic heterocycles. The second kappa shape index (κ2) is 5.66. The van der Waals surface area contributed by atoms with E-state index in [0.29, 0.717) is 5.71 Å². The number of hydrogen-bond donors (Lipinski definition) is 1. The van der Waals surface area contributed by atoms with Crippen molar-refractivity contribution in [1.29, 1.82) is 5.41 Å². The Bertz CT molecular complexity index is 207. The Hall–Kier alpha value is -1.11. The molecule has 0 spiro atoms. The highest BCUT2D eigenvalue weighted by molar-refractivity contribution is 5.98. The highest BCUT2D eigenvalue weighted by atomic mass is 14.4. The Kier molecular flexibility index (Phi) is 5.09. The van der Waals surface area contributed by atoms with Gasteiger partial charge in [-0.05, 0) is 26.3 Å². The van der Waals surface area contributed by atoms with E-state index in [4.69, 9.17) is 5.41 Å². The number of rotatable bonds is 3. The molecule has 1 N–H and O–H groups in total. The first kappa shape index (κ1) is 9.89. The lowest BCUT2D eigenvalue weighted by molar-refractivity contribution is 1.46. The molecule has 0 bridgehead atoms. The van der Waals surface area contributed by atoms with Crippen molar-refractivity contribution in [1.82, 2.24) is 0 Å². The van der Waals surface area contributed by atoms with Gasteiger partial charge in [-0.3, -0.25) is 0 Å². The van der Waals surface area contributed by atoms with Crippen LogP contribution >= 0.6 is 0 Å². The summed E-state index contributed by atoms with van der Waals surface area (Å²) in [5.41, 5.74) is 1.56. The molecular weight excluding hydrogens is 134 g/mol. The lowest BCUT2D eigenvalue weighted by Gasteiger charge is -1.94. The fourth-order valence-corrected chi connectivity index (χ4v) is 0.685.